The van der Waals surface area contributed by atoms with Crippen molar-refractivity contribution in [3.05, 3.63) is 108 Å². The topological polar surface area (TPSA) is 67.2 Å². The van der Waals surface area contributed by atoms with Crippen molar-refractivity contribution in [2.45, 2.75) is 39.0 Å². The largest absolute Gasteiger partial charge is 0.330 e. The quantitative estimate of drug-likeness (QED) is 0.200. The summed E-state index contributed by atoms with van der Waals surface area (Å²) in [6.07, 6.45) is 4.92. The molecule has 0 atom stereocenters. The molecule has 0 aliphatic carbocycles. The predicted molar refractivity (Wildman–Crippen MR) is 152 cm³/mol. The normalized spacial score (nSPS) is 10.8. The highest BCUT2D eigenvalue weighted by atomic mass is 19.1. The highest BCUT2D eigenvalue weighted by Gasteiger charge is 2.12. The minimum atomic E-state index is -0.728. The van der Waals surface area contributed by atoms with Crippen LogP contribution in [-0.2, 0) is 12.8 Å². The third-order valence-corrected chi connectivity index (χ3v) is 6.44. The zero-order valence-electron chi connectivity index (χ0n) is 21.6. The van der Waals surface area contributed by atoms with Crippen LogP contribution in [0.4, 0.5) is 25.0 Å². The highest BCUT2D eigenvalue weighted by Crippen LogP contribution is 2.27. The molecule has 0 fully saturated rings. The van der Waals surface area contributed by atoms with Gasteiger partial charge in [-0.2, -0.15) is 0 Å². The second-order valence-corrected chi connectivity index (χ2v) is 9.36. The molecule has 6 heteroatoms. The van der Waals surface area contributed by atoms with Gasteiger partial charge in [0.2, 0.25) is 0 Å². The van der Waals surface area contributed by atoms with E-state index >= 15 is 0 Å². The zero-order valence-corrected chi connectivity index (χ0v) is 21.6. The number of benzene rings is 4. The first-order chi connectivity index (χ1) is 18.5. The van der Waals surface area contributed by atoms with E-state index in [2.05, 4.69) is 29.7 Å². The van der Waals surface area contributed by atoms with E-state index < -0.39 is 17.7 Å². The van der Waals surface area contributed by atoms with Crippen molar-refractivity contribution in [1.29, 1.82) is 0 Å². The van der Waals surface area contributed by atoms with Gasteiger partial charge in [-0.3, -0.25) is 0 Å². The summed E-state index contributed by atoms with van der Waals surface area (Å²) in [5.41, 5.74) is 11.2. The van der Waals surface area contributed by atoms with Gasteiger partial charge in [0.1, 0.15) is 11.6 Å². The summed E-state index contributed by atoms with van der Waals surface area (Å²) in [6.45, 7) is 2.76. The third-order valence-electron chi connectivity index (χ3n) is 6.44. The number of nitrogens with one attached hydrogen (secondary N) is 2. The van der Waals surface area contributed by atoms with Crippen LogP contribution in [0.5, 0.6) is 0 Å². The van der Waals surface area contributed by atoms with Crippen molar-refractivity contribution >= 4 is 17.4 Å². The van der Waals surface area contributed by atoms with Crippen LogP contribution in [0.15, 0.2) is 84.9 Å². The minimum absolute atomic E-state index is 0.00598. The molecule has 0 aliphatic rings. The Balaban J connectivity index is 1.42. The first-order valence-corrected chi connectivity index (χ1v) is 13.0. The fourth-order valence-corrected chi connectivity index (χ4v) is 4.37. The molecule has 0 saturated heterocycles. The lowest BCUT2D eigenvalue weighted by molar-refractivity contribution is 0.262. The maximum Gasteiger partial charge on any atom is 0.323 e. The lowest BCUT2D eigenvalue weighted by Gasteiger charge is -2.12. The number of urea groups is 1. The summed E-state index contributed by atoms with van der Waals surface area (Å²) < 4.78 is 29.7. The molecule has 38 heavy (non-hydrogen) atoms. The molecule has 0 heterocycles. The highest BCUT2D eigenvalue weighted by molar-refractivity contribution is 6.00. The minimum Gasteiger partial charge on any atom is -0.330 e. The average molecular weight is 514 g/mol. The number of nitrogens with two attached hydrogens (primary N) is 1. The standard InChI is InChI=1S/C32H33F2N3O/c1-2-3-7-22-8-4-11-24(18-22)26-13-15-30(28(33)20-26)36-32(38)37-31-16-14-27(21-29(31)34)25-12-5-9-23(19-25)10-6-17-35/h4-5,8-9,11-16,18-21H,2-3,6-7,10,17,35H2,1H3,(H2,36,37,38). The van der Waals surface area contributed by atoms with Crippen molar-refractivity contribution in [2.24, 2.45) is 5.73 Å². The van der Waals surface area contributed by atoms with Crippen LogP contribution >= 0.6 is 0 Å². The van der Waals surface area contributed by atoms with E-state index in [1.807, 2.05) is 36.4 Å². The number of hydrogen-bond acceptors (Lipinski definition) is 2. The van der Waals surface area contributed by atoms with Crippen LogP contribution in [0.25, 0.3) is 22.3 Å². The van der Waals surface area contributed by atoms with Crippen LogP contribution in [0.2, 0.25) is 0 Å². The summed E-state index contributed by atoms with van der Waals surface area (Å²) in [6, 6.07) is 24.5. The van der Waals surface area contributed by atoms with E-state index in [4.69, 9.17) is 5.73 Å². The van der Waals surface area contributed by atoms with Gasteiger partial charge in [-0.15, -0.1) is 0 Å². The average Bonchev–Trinajstić information content (AvgIpc) is 2.93. The molecule has 4 N–H and O–H groups in total. The fourth-order valence-electron chi connectivity index (χ4n) is 4.37. The van der Waals surface area contributed by atoms with E-state index in [1.165, 1.54) is 29.8 Å². The molecular formula is C32H33F2N3O. The van der Waals surface area contributed by atoms with Crippen LogP contribution in [0, 0.1) is 11.6 Å². The van der Waals surface area contributed by atoms with Crippen molar-refractivity contribution in [3.8, 4) is 22.3 Å². The number of halogens is 2. The molecule has 0 aliphatic heterocycles. The summed E-state index contributed by atoms with van der Waals surface area (Å²) in [7, 11) is 0. The van der Waals surface area contributed by atoms with Gasteiger partial charge in [0.15, 0.2) is 0 Å². The molecule has 196 valence electrons. The molecule has 0 saturated carbocycles. The summed E-state index contributed by atoms with van der Waals surface area (Å²) >= 11 is 0. The first-order valence-electron chi connectivity index (χ1n) is 13.0. The number of unbranched alkanes of at least 4 members (excludes halogenated alkanes) is 1. The van der Waals surface area contributed by atoms with Gasteiger partial charge in [-0.05, 0) is 89.9 Å². The van der Waals surface area contributed by atoms with Crippen LogP contribution in [0.3, 0.4) is 0 Å². The number of carbonyl (C=O) groups is 1. The SMILES string of the molecule is CCCCc1cccc(-c2ccc(NC(=O)Nc3ccc(-c4cccc(CCCN)c4)cc3F)c(F)c2)c1. The van der Waals surface area contributed by atoms with Gasteiger partial charge >= 0.3 is 6.03 Å². The third kappa shape index (κ3) is 7.05. The molecule has 4 nitrogen and oxygen atoms in total. The van der Waals surface area contributed by atoms with Crippen LogP contribution < -0.4 is 16.4 Å². The van der Waals surface area contributed by atoms with Gasteiger partial charge in [-0.25, -0.2) is 13.6 Å². The molecule has 0 bridgehead atoms. The molecule has 4 aromatic rings. The van der Waals surface area contributed by atoms with Gasteiger partial charge < -0.3 is 16.4 Å². The number of anilines is 2. The smallest absolute Gasteiger partial charge is 0.323 e. The second-order valence-electron chi connectivity index (χ2n) is 9.36. The Morgan fingerprint density at radius 3 is 1.61 bits per heavy atom. The van der Waals surface area contributed by atoms with E-state index in [0.717, 1.165) is 54.4 Å². The monoisotopic (exact) mass is 513 g/mol. The van der Waals surface area contributed by atoms with Crippen molar-refractivity contribution < 1.29 is 13.6 Å². The van der Waals surface area contributed by atoms with E-state index in [0.29, 0.717) is 12.1 Å². The van der Waals surface area contributed by atoms with E-state index in [9.17, 15) is 13.6 Å². The fraction of sp³-hybridized carbons (Fsp3) is 0.219. The van der Waals surface area contributed by atoms with Gasteiger partial charge in [0.25, 0.3) is 0 Å². The molecule has 0 unspecified atom stereocenters. The van der Waals surface area contributed by atoms with E-state index in [1.54, 1.807) is 12.1 Å². The number of hydrogen-bond donors (Lipinski definition) is 3. The molecule has 2 amide bonds. The Kier molecular flexibility index (Phi) is 9.22. The van der Waals surface area contributed by atoms with E-state index in [-0.39, 0.29) is 11.4 Å². The van der Waals surface area contributed by atoms with Crippen LogP contribution in [0.1, 0.15) is 37.3 Å². The predicted octanol–water partition coefficient (Wildman–Crippen LogP) is 8.18. The summed E-state index contributed by atoms with van der Waals surface area (Å²) in [5.74, 6) is -1.15. The number of carbonyl (C=O) groups excluding carboxylic acids is 1. The lowest BCUT2D eigenvalue weighted by Crippen LogP contribution is -2.20. The Morgan fingerprint density at radius 2 is 1.16 bits per heavy atom. The van der Waals surface area contributed by atoms with Gasteiger partial charge in [0.05, 0.1) is 11.4 Å². The molecule has 0 radical (unpaired) electrons. The van der Waals surface area contributed by atoms with Crippen molar-refractivity contribution in [3.63, 3.8) is 0 Å². The summed E-state index contributed by atoms with van der Waals surface area (Å²) in [5, 5.41) is 4.95. The lowest BCUT2D eigenvalue weighted by atomic mass is 10.00. The van der Waals surface area contributed by atoms with Gasteiger partial charge in [-0.1, -0.05) is 74.0 Å². The summed E-state index contributed by atoms with van der Waals surface area (Å²) in [4.78, 5) is 12.5. The molecule has 0 aromatic heterocycles. The van der Waals surface area contributed by atoms with Gasteiger partial charge in [0, 0.05) is 0 Å². The Labute approximate surface area is 222 Å². The number of aryl methyl sites for hydroxylation is 2. The molecule has 4 rings (SSSR count). The zero-order chi connectivity index (χ0) is 26.9. The second kappa shape index (κ2) is 13.0. The molecule has 4 aromatic carbocycles. The molecule has 0 spiro atoms. The number of rotatable bonds is 10. The Bertz CT molecular complexity index is 1300. The van der Waals surface area contributed by atoms with Crippen LogP contribution in [-0.4, -0.2) is 12.6 Å². The number of amides is 2. The Morgan fingerprint density at radius 1 is 0.684 bits per heavy atom. The maximum atomic E-state index is 14.8. The van der Waals surface area contributed by atoms with Crippen molar-refractivity contribution in [1.82, 2.24) is 0 Å². The first kappa shape index (κ1) is 27.0. The molecular weight excluding hydrogens is 480 g/mol. The van der Waals surface area contributed by atoms with Crippen molar-refractivity contribution in [2.75, 3.05) is 17.2 Å². The Hall–Kier alpha value is -4.03. The maximum absolute atomic E-state index is 14.8.